The van der Waals surface area contributed by atoms with Gasteiger partial charge in [-0.15, -0.1) is 11.3 Å². The number of H-pyrrole nitrogens is 1. The summed E-state index contributed by atoms with van der Waals surface area (Å²) in [6.45, 7) is 0. The molecule has 2 aromatic heterocycles. The van der Waals surface area contributed by atoms with E-state index >= 15 is 0 Å². The lowest BCUT2D eigenvalue weighted by molar-refractivity contribution is 0.102. The van der Waals surface area contributed by atoms with Gasteiger partial charge in [0, 0.05) is 11.1 Å². The van der Waals surface area contributed by atoms with Gasteiger partial charge in [0.25, 0.3) is 11.5 Å². The van der Waals surface area contributed by atoms with E-state index in [4.69, 9.17) is 0 Å². The number of hydrogen-bond donors (Lipinski definition) is 2. The zero-order valence-electron chi connectivity index (χ0n) is 13.4. The summed E-state index contributed by atoms with van der Waals surface area (Å²) in [6.07, 6.45) is 0. The number of rotatable bonds is 3. The molecule has 4 rings (SSSR count). The molecule has 26 heavy (non-hydrogen) atoms. The van der Waals surface area contributed by atoms with Crippen molar-refractivity contribution in [2.24, 2.45) is 0 Å². The monoisotopic (exact) mass is 363 g/mol. The van der Waals surface area contributed by atoms with E-state index in [1.54, 1.807) is 41.8 Å². The maximum Gasteiger partial charge on any atom is 0.334 e. The van der Waals surface area contributed by atoms with Gasteiger partial charge >= 0.3 is 5.69 Å². The largest absolute Gasteiger partial charge is 0.334 e. The number of amides is 1. The molecule has 0 radical (unpaired) electrons. The maximum atomic E-state index is 12.7. The second-order valence-electron chi connectivity index (χ2n) is 5.61. The Hall–Kier alpha value is -3.45. The average molecular weight is 363 g/mol. The second kappa shape index (κ2) is 6.45. The van der Waals surface area contributed by atoms with Crippen LogP contribution in [0.5, 0.6) is 0 Å². The Kier molecular flexibility index (Phi) is 3.98. The van der Waals surface area contributed by atoms with E-state index in [1.807, 2.05) is 18.2 Å². The SMILES string of the molecule is O=C(Nc1ccccc1)c1csc(-n2c(=O)[nH]c3ccccc3c2=O)c1. The van der Waals surface area contributed by atoms with Gasteiger partial charge in [-0.2, -0.15) is 0 Å². The molecule has 6 nitrogen and oxygen atoms in total. The van der Waals surface area contributed by atoms with Crippen LogP contribution in [0.15, 0.2) is 75.6 Å². The number of fused-ring (bicyclic) bond motifs is 1. The van der Waals surface area contributed by atoms with Gasteiger partial charge in [0.15, 0.2) is 0 Å². The summed E-state index contributed by atoms with van der Waals surface area (Å²) in [4.78, 5) is 40.1. The van der Waals surface area contributed by atoms with Gasteiger partial charge in [-0.25, -0.2) is 9.36 Å². The molecule has 4 aromatic rings. The van der Waals surface area contributed by atoms with Crippen molar-refractivity contribution in [1.82, 2.24) is 9.55 Å². The van der Waals surface area contributed by atoms with Crippen molar-refractivity contribution in [3.63, 3.8) is 0 Å². The van der Waals surface area contributed by atoms with E-state index in [-0.39, 0.29) is 5.91 Å². The molecule has 0 spiro atoms. The van der Waals surface area contributed by atoms with Gasteiger partial charge in [0.1, 0.15) is 5.00 Å². The molecule has 0 atom stereocenters. The van der Waals surface area contributed by atoms with Crippen LogP contribution in [-0.4, -0.2) is 15.5 Å². The van der Waals surface area contributed by atoms with Gasteiger partial charge in [-0.3, -0.25) is 9.59 Å². The summed E-state index contributed by atoms with van der Waals surface area (Å²) in [6, 6.07) is 17.4. The molecule has 128 valence electrons. The van der Waals surface area contributed by atoms with Crippen LogP contribution in [0.4, 0.5) is 5.69 Å². The topological polar surface area (TPSA) is 84.0 Å². The maximum absolute atomic E-state index is 12.7. The minimum atomic E-state index is -0.537. The Morgan fingerprint density at radius 1 is 1.00 bits per heavy atom. The van der Waals surface area contributed by atoms with Crippen LogP contribution in [0.3, 0.4) is 0 Å². The number of aromatic amines is 1. The summed E-state index contributed by atoms with van der Waals surface area (Å²) in [5.41, 5.74) is 0.586. The third-order valence-corrected chi connectivity index (χ3v) is 4.82. The zero-order chi connectivity index (χ0) is 18.1. The van der Waals surface area contributed by atoms with Crippen LogP contribution < -0.4 is 16.6 Å². The van der Waals surface area contributed by atoms with E-state index in [1.165, 1.54) is 6.07 Å². The summed E-state index contributed by atoms with van der Waals surface area (Å²) in [7, 11) is 0. The van der Waals surface area contributed by atoms with Gasteiger partial charge in [0.05, 0.1) is 16.5 Å². The lowest BCUT2D eigenvalue weighted by atomic mass is 10.2. The molecular weight excluding hydrogens is 350 g/mol. The summed E-state index contributed by atoms with van der Waals surface area (Å²) in [5.74, 6) is -0.302. The van der Waals surface area contributed by atoms with Crippen LogP contribution in [0.1, 0.15) is 10.4 Å². The molecule has 2 N–H and O–H groups in total. The van der Waals surface area contributed by atoms with Crippen molar-refractivity contribution in [1.29, 1.82) is 0 Å². The minimum Gasteiger partial charge on any atom is -0.322 e. The molecule has 7 heteroatoms. The molecule has 0 saturated heterocycles. The lowest BCUT2D eigenvalue weighted by Gasteiger charge is -2.04. The molecule has 0 saturated carbocycles. The normalized spacial score (nSPS) is 10.8. The number of benzene rings is 2. The van der Waals surface area contributed by atoms with Crippen molar-refractivity contribution < 1.29 is 4.79 Å². The Morgan fingerprint density at radius 3 is 2.54 bits per heavy atom. The predicted molar refractivity (Wildman–Crippen MR) is 102 cm³/mol. The van der Waals surface area contributed by atoms with Gasteiger partial charge in [-0.1, -0.05) is 30.3 Å². The molecule has 2 aromatic carbocycles. The number of para-hydroxylation sites is 2. The van der Waals surface area contributed by atoms with Gasteiger partial charge in [0.2, 0.25) is 0 Å². The van der Waals surface area contributed by atoms with Crippen molar-refractivity contribution in [2.75, 3.05) is 5.32 Å². The number of nitrogens with zero attached hydrogens (tertiary/aromatic N) is 1. The Balaban J connectivity index is 1.73. The van der Waals surface area contributed by atoms with Crippen molar-refractivity contribution >= 4 is 33.8 Å². The fraction of sp³-hybridized carbons (Fsp3) is 0. The fourth-order valence-corrected chi connectivity index (χ4v) is 3.54. The molecule has 0 bridgehead atoms. The molecule has 0 unspecified atom stereocenters. The van der Waals surface area contributed by atoms with Crippen molar-refractivity contribution in [3.05, 3.63) is 92.4 Å². The third-order valence-electron chi connectivity index (χ3n) is 3.91. The van der Waals surface area contributed by atoms with Gasteiger partial charge < -0.3 is 10.3 Å². The number of thiophene rings is 1. The number of nitrogens with one attached hydrogen (secondary N) is 2. The first-order chi connectivity index (χ1) is 12.6. The Morgan fingerprint density at radius 2 is 1.73 bits per heavy atom. The van der Waals surface area contributed by atoms with Crippen molar-refractivity contribution in [2.45, 2.75) is 0 Å². The number of anilines is 1. The van der Waals surface area contributed by atoms with E-state index < -0.39 is 11.2 Å². The van der Waals surface area contributed by atoms with E-state index in [0.717, 1.165) is 15.9 Å². The van der Waals surface area contributed by atoms with Crippen LogP contribution in [-0.2, 0) is 0 Å². The highest BCUT2D eigenvalue weighted by molar-refractivity contribution is 7.12. The molecule has 2 heterocycles. The molecule has 0 aliphatic heterocycles. The lowest BCUT2D eigenvalue weighted by Crippen LogP contribution is -2.33. The van der Waals surface area contributed by atoms with E-state index in [2.05, 4.69) is 10.3 Å². The van der Waals surface area contributed by atoms with Crippen LogP contribution in [0.2, 0.25) is 0 Å². The third kappa shape index (κ3) is 2.84. The number of carbonyl (C=O) groups is 1. The number of hydrogen-bond acceptors (Lipinski definition) is 4. The van der Waals surface area contributed by atoms with E-state index in [0.29, 0.717) is 27.2 Å². The zero-order valence-corrected chi connectivity index (χ0v) is 14.2. The summed E-state index contributed by atoms with van der Waals surface area (Å²) < 4.78 is 1.05. The summed E-state index contributed by atoms with van der Waals surface area (Å²) in [5, 5.41) is 5.20. The fourth-order valence-electron chi connectivity index (χ4n) is 2.65. The highest BCUT2D eigenvalue weighted by Crippen LogP contribution is 2.19. The van der Waals surface area contributed by atoms with E-state index in [9.17, 15) is 14.4 Å². The average Bonchev–Trinajstić information content (AvgIpc) is 3.12. The van der Waals surface area contributed by atoms with Crippen LogP contribution in [0.25, 0.3) is 15.9 Å². The Bertz CT molecular complexity index is 1220. The summed E-state index contributed by atoms with van der Waals surface area (Å²) >= 11 is 1.16. The highest BCUT2D eigenvalue weighted by atomic mass is 32.1. The second-order valence-corrected chi connectivity index (χ2v) is 6.50. The molecule has 0 aliphatic rings. The first-order valence-electron chi connectivity index (χ1n) is 7.83. The molecular formula is C19H13N3O3S. The molecule has 0 aliphatic carbocycles. The van der Waals surface area contributed by atoms with Crippen LogP contribution >= 0.6 is 11.3 Å². The number of aromatic nitrogens is 2. The highest BCUT2D eigenvalue weighted by Gasteiger charge is 2.14. The minimum absolute atomic E-state index is 0.302. The first kappa shape index (κ1) is 16.0. The quantitative estimate of drug-likeness (QED) is 0.587. The smallest absolute Gasteiger partial charge is 0.322 e. The van der Waals surface area contributed by atoms with Gasteiger partial charge in [-0.05, 0) is 30.3 Å². The molecule has 0 fully saturated rings. The Labute approximate surface area is 151 Å². The van der Waals surface area contributed by atoms with Crippen LogP contribution in [0, 0.1) is 0 Å². The molecule has 1 amide bonds. The predicted octanol–water partition coefficient (Wildman–Crippen LogP) is 2.99. The number of carbonyl (C=O) groups excluding carboxylic acids is 1. The standard InChI is InChI=1S/C19H13N3O3S/c23-17(20-13-6-2-1-3-7-13)12-10-16(26-11-12)22-18(24)14-8-4-5-9-15(14)21-19(22)25/h1-11H,(H,20,23)(H,21,25). The van der Waals surface area contributed by atoms with Crippen molar-refractivity contribution in [3.8, 4) is 5.00 Å². The first-order valence-corrected chi connectivity index (χ1v) is 8.71.